The Bertz CT molecular complexity index is 827. The molecule has 0 unspecified atom stereocenters. The highest BCUT2D eigenvalue weighted by Gasteiger charge is 2.10. The van der Waals surface area contributed by atoms with Crippen LogP contribution in [-0.4, -0.2) is 31.0 Å². The average molecular weight is 341 g/mol. The first-order valence-corrected chi connectivity index (χ1v) is 7.49. The molecule has 0 saturated carbocycles. The molecule has 2 N–H and O–H groups in total. The first-order valence-electron chi connectivity index (χ1n) is 7.49. The Morgan fingerprint density at radius 3 is 2.40 bits per heavy atom. The van der Waals surface area contributed by atoms with Gasteiger partial charge < -0.3 is 19.9 Å². The van der Waals surface area contributed by atoms with Crippen LogP contribution in [0.3, 0.4) is 0 Å². The van der Waals surface area contributed by atoms with Crippen molar-refractivity contribution < 1.29 is 24.2 Å². The number of nitrogens with one attached hydrogen (secondary N) is 1. The largest absolute Gasteiger partial charge is 0.507 e. The van der Waals surface area contributed by atoms with Crippen LogP contribution in [0.4, 0.5) is 5.69 Å². The molecule has 0 aromatic heterocycles. The van der Waals surface area contributed by atoms with Crippen molar-refractivity contribution in [3.05, 3.63) is 53.6 Å². The van der Waals surface area contributed by atoms with Gasteiger partial charge >= 0.3 is 0 Å². The van der Waals surface area contributed by atoms with Crippen LogP contribution in [-0.2, 0) is 4.79 Å². The predicted molar refractivity (Wildman–Crippen MR) is 95.3 cm³/mol. The molecule has 0 heterocycles. The van der Waals surface area contributed by atoms with Gasteiger partial charge in [0.05, 0.1) is 19.8 Å². The van der Waals surface area contributed by atoms with Crippen LogP contribution in [0.15, 0.2) is 42.5 Å². The van der Waals surface area contributed by atoms with E-state index in [0.717, 1.165) is 5.56 Å². The Balaban J connectivity index is 2.24. The third kappa shape index (κ3) is 4.60. The highest BCUT2D eigenvalue weighted by atomic mass is 16.5. The van der Waals surface area contributed by atoms with Gasteiger partial charge in [0.15, 0.2) is 17.3 Å². The van der Waals surface area contributed by atoms with Gasteiger partial charge in [-0.2, -0.15) is 0 Å². The number of benzene rings is 2. The highest BCUT2D eigenvalue weighted by Crippen LogP contribution is 2.28. The summed E-state index contributed by atoms with van der Waals surface area (Å²) in [6.07, 6.45) is 2.95. The van der Waals surface area contributed by atoms with Gasteiger partial charge in [-0.05, 0) is 42.0 Å². The summed E-state index contributed by atoms with van der Waals surface area (Å²) in [7, 11) is 3.07. The summed E-state index contributed by atoms with van der Waals surface area (Å²) in [6.45, 7) is 1.37. The minimum absolute atomic E-state index is 0.1000. The molecule has 0 aliphatic heterocycles. The number of rotatable bonds is 6. The molecular formula is C19H19NO5. The monoisotopic (exact) mass is 341 g/mol. The van der Waals surface area contributed by atoms with E-state index in [1.54, 1.807) is 31.4 Å². The summed E-state index contributed by atoms with van der Waals surface area (Å²) in [5.41, 5.74) is 1.28. The molecular weight excluding hydrogens is 322 g/mol. The minimum Gasteiger partial charge on any atom is -0.507 e. The lowest BCUT2D eigenvalue weighted by molar-refractivity contribution is -0.114. The van der Waals surface area contributed by atoms with Gasteiger partial charge in [-0.3, -0.25) is 9.59 Å². The lowest BCUT2D eigenvalue weighted by Gasteiger charge is -2.08. The van der Waals surface area contributed by atoms with Gasteiger partial charge in [0.2, 0.25) is 5.91 Å². The van der Waals surface area contributed by atoms with Crippen LogP contribution in [0.25, 0.3) is 6.08 Å². The maximum atomic E-state index is 12.3. The van der Waals surface area contributed by atoms with Crippen molar-refractivity contribution >= 4 is 23.5 Å². The van der Waals surface area contributed by atoms with Gasteiger partial charge in [0, 0.05) is 12.6 Å². The molecule has 6 heteroatoms. The van der Waals surface area contributed by atoms with Crippen LogP contribution in [0.2, 0.25) is 0 Å². The zero-order valence-electron chi connectivity index (χ0n) is 14.2. The SMILES string of the molecule is COc1ccc(/C=C/C(=O)c2cc(NC(C)=O)ccc2O)cc1OC. The number of phenolic OH excluding ortho intramolecular Hbond substituents is 1. The second-order valence-corrected chi connectivity index (χ2v) is 5.23. The van der Waals surface area contributed by atoms with Crippen molar-refractivity contribution in [1.82, 2.24) is 0 Å². The number of aromatic hydroxyl groups is 1. The first-order chi connectivity index (χ1) is 11.9. The van der Waals surface area contributed by atoms with E-state index in [4.69, 9.17) is 9.47 Å². The molecule has 6 nitrogen and oxygen atoms in total. The summed E-state index contributed by atoms with van der Waals surface area (Å²) in [5, 5.41) is 12.5. The fourth-order valence-corrected chi connectivity index (χ4v) is 2.23. The van der Waals surface area contributed by atoms with Crippen LogP contribution in [0, 0.1) is 0 Å². The van der Waals surface area contributed by atoms with E-state index in [-0.39, 0.29) is 23.0 Å². The Labute approximate surface area is 145 Å². The van der Waals surface area contributed by atoms with Crippen LogP contribution < -0.4 is 14.8 Å². The molecule has 0 radical (unpaired) electrons. The van der Waals surface area contributed by atoms with Crippen LogP contribution in [0.1, 0.15) is 22.8 Å². The third-order valence-electron chi connectivity index (χ3n) is 3.42. The molecule has 0 spiro atoms. The smallest absolute Gasteiger partial charge is 0.221 e. The van der Waals surface area contributed by atoms with E-state index in [2.05, 4.69) is 5.32 Å². The van der Waals surface area contributed by atoms with E-state index >= 15 is 0 Å². The van der Waals surface area contributed by atoms with Crippen molar-refractivity contribution in [2.75, 3.05) is 19.5 Å². The van der Waals surface area contributed by atoms with Crippen molar-refractivity contribution in [3.63, 3.8) is 0 Å². The Kier molecular flexibility index (Phi) is 5.79. The van der Waals surface area contributed by atoms with E-state index < -0.39 is 0 Å². The fourth-order valence-electron chi connectivity index (χ4n) is 2.23. The van der Waals surface area contributed by atoms with E-state index in [0.29, 0.717) is 17.2 Å². The third-order valence-corrected chi connectivity index (χ3v) is 3.42. The number of amides is 1. The summed E-state index contributed by atoms with van der Waals surface area (Å²) in [4.78, 5) is 23.4. The van der Waals surface area contributed by atoms with E-state index in [9.17, 15) is 14.7 Å². The molecule has 0 fully saturated rings. The number of ether oxygens (including phenoxy) is 2. The predicted octanol–water partition coefficient (Wildman–Crippen LogP) is 3.26. The van der Waals surface area contributed by atoms with Crippen molar-refractivity contribution in [3.8, 4) is 17.2 Å². The van der Waals surface area contributed by atoms with Crippen molar-refractivity contribution in [2.24, 2.45) is 0 Å². The minimum atomic E-state index is -0.389. The average Bonchev–Trinajstić information content (AvgIpc) is 2.60. The number of hydrogen-bond acceptors (Lipinski definition) is 5. The zero-order valence-corrected chi connectivity index (χ0v) is 14.2. The zero-order chi connectivity index (χ0) is 18.4. The highest BCUT2D eigenvalue weighted by molar-refractivity contribution is 6.09. The first kappa shape index (κ1) is 18.1. The molecule has 130 valence electrons. The molecule has 2 rings (SSSR count). The van der Waals surface area contributed by atoms with Crippen molar-refractivity contribution in [2.45, 2.75) is 6.92 Å². The molecule has 0 aliphatic carbocycles. The maximum Gasteiger partial charge on any atom is 0.221 e. The second-order valence-electron chi connectivity index (χ2n) is 5.23. The van der Waals surface area contributed by atoms with Gasteiger partial charge in [-0.25, -0.2) is 0 Å². The summed E-state index contributed by atoms with van der Waals surface area (Å²) >= 11 is 0. The van der Waals surface area contributed by atoms with Gasteiger partial charge in [-0.1, -0.05) is 12.1 Å². The maximum absolute atomic E-state index is 12.3. The summed E-state index contributed by atoms with van der Waals surface area (Å²) in [5.74, 6) is 0.333. The lowest BCUT2D eigenvalue weighted by atomic mass is 10.1. The quantitative estimate of drug-likeness (QED) is 0.478. The lowest BCUT2D eigenvalue weighted by Crippen LogP contribution is -2.06. The van der Waals surface area contributed by atoms with Crippen molar-refractivity contribution in [1.29, 1.82) is 0 Å². The molecule has 0 bridgehead atoms. The normalized spacial score (nSPS) is 10.5. The number of ketones is 1. The Morgan fingerprint density at radius 2 is 1.76 bits per heavy atom. The molecule has 0 saturated heterocycles. The number of carbonyl (C=O) groups is 2. The number of anilines is 1. The number of phenols is 1. The Morgan fingerprint density at radius 1 is 1.04 bits per heavy atom. The number of carbonyl (C=O) groups excluding carboxylic acids is 2. The fraction of sp³-hybridized carbons (Fsp3) is 0.158. The molecule has 25 heavy (non-hydrogen) atoms. The van der Waals surface area contributed by atoms with Crippen LogP contribution in [0.5, 0.6) is 17.2 Å². The Hall–Kier alpha value is -3.28. The van der Waals surface area contributed by atoms with E-state index in [1.165, 1.54) is 38.3 Å². The van der Waals surface area contributed by atoms with E-state index in [1.807, 2.05) is 0 Å². The molecule has 0 atom stereocenters. The molecule has 1 amide bonds. The standard InChI is InChI=1S/C19H19NO5/c1-12(21)20-14-6-8-17(23)15(11-14)16(22)7-4-13-5-9-18(24-2)19(10-13)25-3/h4-11,23H,1-3H3,(H,20,21)/b7-4+. The van der Waals surface area contributed by atoms with Crippen LogP contribution >= 0.6 is 0 Å². The molecule has 2 aromatic rings. The van der Waals surface area contributed by atoms with Gasteiger partial charge in [0.25, 0.3) is 0 Å². The topological polar surface area (TPSA) is 84.9 Å². The van der Waals surface area contributed by atoms with Gasteiger partial charge in [0.1, 0.15) is 5.75 Å². The molecule has 0 aliphatic rings. The summed E-state index contributed by atoms with van der Waals surface area (Å²) < 4.78 is 10.4. The summed E-state index contributed by atoms with van der Waals surface area (Å²) in [6, 6.07) is 9.55. The number of allylic oxidation sites excluding steroid dienone is 1. The molecule has 2 aromatic carbocycles. The second kappa shape index (κ2) is 8.01. The van der Waals surface area contributed by atoms with Gasteiger partial charge in [-0.15, -0.1) is 0 Å². The number of methoxy groups -OCH3 is 2. The number of hydrogen-bond donors (Lipinski definition) is 2.